The Kier molecular flexibility index (Phi) is 4.39. The third-order valence-corrected chi connectivity index (χ3v) is 5.24. The van der Waals surface area contributed by atoms with E-state index >= 15 is 0 Å². The van der Waals surface area contributed by atoms with E-state index in [1.54, 1.807) is 22.9 Å². The van der Waals surface area contributed by atoms with Crippen LogP contribution in [0.4, 0.5) is 0 Å². The molecular weight excluding hydrogens is 340 g/mol. The van der Waals surface area contributed by atoms with Gasteiger partial charge in [-0.1, -0.05) is 18.2 Å². The molecule has 1 aliphatic rings. The van der Waals surface area contributed by atoms with Crippen LogP contribution in [0.15, 0.2) is 54.7 Å². The summed E-state index contributed by atoms with van der Waals surface area (Å²) in [4.78, 5) is 28.7. The van der Waals surface area contributed by atoms with Gasteiger partial charge in [0, 0.05) is 30.8 Å². The second kappa shape index (κ2) is 6.87. The molecule has 0 aliphatic carbocycles. The molecule has 0 N–H and O–H groups in total. The van der Waals surface area contributed by atoms with Gasteiger partial charge in [-0.05, 0) is 44.2 Å². The van der Waals surface area contributed by atoms with Crippen molar-refractivity contribution in [2.24, 2.45) is 0 Å². The number of benzene rings is 1. The summed E-state index contributed by atoms with van der Waals surface area (Å²) in [5.41, 5.74) is 3.57. The predicted molar refractivity (Wildman–Crippen MR) is 103 cm³/mol. The molecule has 27 heavy (non-hydrogen) atoms. The van der Waals surface area contributed by atoms with Crippen molar-refractivity contribution in [2.45, 2.75) is 19.9 Å². The summed E-state index contributed by atoms with van der Waals surface area (Å²) in [6.45, 7) is 5.59. The quantitative estimate of drug-likeness (QED) is 0.720. The zero-order valence-electron chi connectivity index (χ0n) is 15.5. The molecule has 6 nitrogen and oxygen atoms in total. The molecule has 0 spiro atoms. The lowest BCUT2D eigenvalue weighted by Gasteiger charge is -2.38. The van der Waals surface area contributed by atoms with Crippen LogP contribution in [0.5, 0.6) is 0 Å². The third-order valence-electron chi connectivity index (χ3n) is 5.24. The number of carbonyl (C=O) groups is 2. The van der Waals surface area contributed by atoms with E-state index in [1.807, 2.05) is 60.0 Å². The summed E-state index contributed by atoms with van der Waals surface area (Å²) in [5, 5.41) is 4.36. The van der Waals surface area contributed by atoms with Gasteiger partial charge in [0.15, 0.2) is 0 Å². The molecule has 1 fully saturated rings. The molecule has 1 aromatic carbocycles. The zero-order valence-corrected chi connectivity index (χ0v) is 15.5. The average molecular weight is 362 g/mol. The fraction of sp³-hybridized carbons (Fsp3) is 0.286. The van der Waals surface area contributed by atoms with Crippen molar-refractivity contribution in [1.29, 1.82) is 0 Å². The van der Waals surface area contributed by atoms with E-state index in [9.17, 15) is 9.59 Å². The van der Waals surface area contributed by atoms with Crippen molar-refractivity contribution in [3.63, 3.8) is 0 Å². The van der Waals surface area contributed by atoms with Crippen molar-refractivity contribution < 1.29 is 9.59 Å². The number of hydrogen-bond acceptors (Lipinski definition) is 3. The van der Waals surface area contributed by atoms with Gasteiger partial charge < -0.3 is 9.80 Å². The second-order valence-electron chi connectivity index (χ2n) is 6.75. The monoisotopic (exact) mass is 362 g/mol. The van der Waals surface area contributed by atoms with Gasteiger partial charge in [0.1, 0.15) is 6.04 Å². The molecule has 1 saturated heterocycles. The van der Waals surface area contributed by atoms with Crippen molar-refractivity contribution in [2.75, 3.05) is 19.6 Å². The molecular formula is C21H22N4O2. The number of carbonyl (C=O) groups excluding carboxylic acids is 2. The summed E-state index contributed by atoms with van der Waals surface area (Å²) in [5.74, 6) is -0.0884. The molecule has 0 saturated carbocycles. The molecule has 0 bridgehead atoms. The van der Waals surface area contributed by atoms with Crippen LogP contribution in [0.2, 0.25) is 0 Å². The van der Waals surface area contributed by atoms with E-state index in [-0.39, 0.29) is 11.8 Å². The highest BCUT2D eigenvalue weighted by Gasteiger charge is 2.33. The number of piperazine rings is 1. The summed E-state index contributed by atoms with van der Waals surface area (Å²) >= 11 is 0. The lowest BCUT2D eigenvalue weighted by Crippen LogP contribution is -2.57. The average Bonchev–Trinajstić information content (AvgIpc) is 3.18. The highest BCUT2D eigenvalue weighted by atomic mass is 16.2. The predicted octanol–water partition coefficient (Wildman–Crippen LogP) is 2.69. The molecule has 2 aromatic heterocycles. The largest absolute Gasteiger partial charge is 0.339 e. The maximum absolute atomic E-state index is 12.9. The Labute approximate surface area is 158 Å². The van der Waals surface area contributed by atoms with Gasteiger partial charge in [0.2, 0.25) is 5.91 Å². The Morgan fingerprint density at radius 2 is 1.89 bits per heavy atom. The van der Waals surface area contributed by atoms with Gasteiger partial charge in [0.25, 0.3) is 5.91 Å². The summed E-state index contributed by atoms with van der Waals surface area (Å²) in [6, 6.07) is 15.0. The third kappa shape index (κ3) is 2.97. The van der Waals surface area contributed by atoms with Crippen LogP contribution in [-0.4, -0.2) is 56.9 Å². The molecule has 1 atom stereocenters. The minimum absolute atomic E-state index is 0.0130. The Morgan fingerprint density at radius 1 is 1.11 bits per heavy atom. The molecule has 2 amide bonds. The van der Waals surface area contributed by atoms with Gasteiger partial charge in [-0.25, -0.2) is 4.52 Å². The summed E-state index contributed by atoms with van der Waals surface area (Å²) < 4.78 is 1.88. The van der Waals surface area contributed by atoms with Gasteiger partial charge in [-0.2, -0.15) is 5.10 Å². The molecule has 6 heteroatoms. The van der Waals surface area contributed by atoms with Crippen LogP contribution in [0.1, 0.15) is 24.2 Å². The van der Waals surface area contributed by atoms with Gasteiger partial charge in [0.05, 0.1) is 17.4 Å². The minimum atomic E-state index is -0.427. The van der Waals surface area contributed by atoms with Crippen LogP contribution in [0.3, 0.4) is 0 Å². The van der Waals surface area contributed by atoms with Gasteiger partial charge >= 0.3 is 0 Å². The van der Waals surface area contributed by atoms with Crippen LogP contribution in [0, 0.1) is 0 Å². The van der Waals surface area contributed by atoms with Crippen molar-refractivity contribution in [3.8, 4) is 11.3 Å². The molecule has 4 rings (SSSR count). The highest BCUT2D eigenvalue weighted by molar-refractivity contribution is 5.98. The molecule has 3 heterocycles. The topological polar surface area (TPSA) is 57.9 Å². The molecule has 1 unspecified atom stereocenters. The van der Waals surface area contributed by atoms with Crippen molar-refractivity contribution in [3.05, 3.63) is 60.3 Å². The standard InChI is InChI=1S/C21H22N4O2/c1-3-23-13-14-24(15(2)20(23)26)21(27)17-9-7-16(8-10-17)19-6-4-5-18-11-12-22-25(18)19/h4-12,15H,3,13-14H2,1-2H3. The van der Waals surface area contributed by atoms with E-state index in [0.717, 1.165) is 16.8 Å². The normalized spacial score (nSPS) is 17.6. The highest BCUT2D eigenvalue weighted by Crippen LogP contribution is 2.22. The number of likely N-dealkylation sites (N-methyl/N-ethyl adjacent to an activating group) is 1. The Bertz CT molecular complexity index is 993. The first-order valence-electron chi connectivity index (χ1n) is 9.23. The Balaban J connectivity index is 1.58. The van der Waals surface area contributed by atoms with E-state index in [0.29, 0.717) is 25.2 Å². The smallest absolute Gasteiger partial charge is 0.254 e. The van der Waals surface area contributed by atoms with E-state index in [1.165, 1.54) is 0 Å². The fourth-order valence-electron chi connectivity index (χ4n) is 3.64. The maximum Gasteiger partial charge on any atom is 0.254 e. The second-order valence-corrected chi connectivity index (χ2v) is 6.75. The van der Waals surface area contributed by atoms with Crippen LogP contribution >= 0.6 is 0 Å². The number of fused-ring (bicyclic) bond motifs is 1. The first-order chi connectivity index (χ1) is 13.1. The number of nitrogens with zero attached hydrogens (tertiary/aromatic N) is 4. The van der Waals surface area contributed by atoms with Gasteiger partial charge in [-0.3, -0.25) is 9.59 Å². The maximum atomic E-state index is 12.9. The molecule has 1 aliphatic heterocycles. The first kappa shape index (κ1) is 17.3. The van der Waals surface area contributed by atoms with E-state index in [4.69, 9.17) is 0 Å². The number of aromatic nitrogens is 2. The Morgan fingerprint density at radius 3 is 2.63 bits per heavy atom. The molecule has 3 aromatic rings. The Hall–Kier alpha value is -3.15. The lowest BCUT2D eigenvalue weighted by molar-refractivity contribution is -0.139. The number of amides is 2. The molecule has 138 valence electrons. The van der Waals surface area contributed by atoms with Gasteiger partial charge in [-0.15, -0.1) is 0 Å². The molecule has 0 radical (unpaired) electrons. The number of hydrogen-bond donors (Lipinski definition) is 0. The van der Waals surface area contributed by atoms with Crippen LogP contribution in [-0.2, 0) is 4.79 Å². The minimum Gasteiger partial charge on any atom is -0.339 e. The van der Waals surface area contributed by atoms with Crippen LogP contribution < -0.4 is 0 Å². The van der Waals surface area contributed by atoms with Crippen molar-refractivity contribution >= 4 is 17.3 Å². The fourth-order valence-corrected chi connectivity index (χ4v) is 3.64. The summed E-state index contributed by atoms with van der Waals surface area (Å²) in [7, 11) is 0. The lowest BCUT2D eigenvalue weighted by atomic mass is 10.1. The SMILES string of the molecule is CCN1CCN(C(=O)c2ccc(-c3cccc4ccnn34)cc2)C(C)C1=O. The number of rotatable bonds is 3. The first-order valence-corrected chi connectivity index (χ1v) is 9.23. The van der Waals surface area contributed by atoms with Crippen molar-refractivity contribution in [1.82, 2.24) is 19.4 Å². The van der Waals surface area contributed by atoms with E-state index < -0.39 is 6.04 Å². The summed E-state index contributed by atoms with van der Waals surface area (Å²) in [6.07, 6.45) is 1.77. The number of pyridine rings is 1. The van der Waals surface area contributed by atoms with E-state index in [2.05, 4.69) is 5.10 Å². The van der Waals surface area contributed by atoms with Crippen LogP contribution in [0.25, 0.3) is 16.8 Å². The zero-order chi connectivity index (χ0) is 19.0.